The fourth-order valence-corrected chi connectivity index (χ4v) is 2.81. The first-order valence-electron chi connectivity index (χ1n) is 7.01. The molecule has 0 aliphatic rings. The zero-order chi connectivity index (χ0) is 15.2. The van der Waals surface area contributed by atoms with E-state index >= 15 is 0 Å². The van der Waals surface area contributed by atoms with Crippen molar-refractivity contribution in [1.82, 2.24) is 0 Å². The van der Waals surface area contributed by atoms with Gasteiger partial charge < -0.3 is 4.43 Å². The van der Waals surface area contributed by atoms with E-state index in [0.29, 0.717) is 6.61 Å². The fraction of sp³-hybridized carbons (Fsp3) is 0.562. The Morgan fingerprint density at radius 1 is 1.25 bits per heavy atom. The molecule has 0 radical (unpaired) electrons. The van der Waals surface area contributed by atoms with Crippen LogP contribution in [0.5, 0.6) is 0 Å². The molecule has 0 heterocycles. The van der Waals surface area contributed by atoms with Gasteiger partial charge >= 0.3 is 0 Å². The van der Waals surface area contributed by atoms with Gasteiger partial charge in [0.2, 0.25) is 0 Å². The quantitative estimate of drug-likeness (QED) is 0.431. The summed E-state index contributed by atoms with van der Waals surface area (Å²) in [4.78, 5) is 4.27. The van der Waals surface area contributed by atoms with Crippen molar-refractivity contribution in [1.29, 1.82) is 0 Å². The molecule has 0 aliphatic heterocycles. The first-order chi connectivity index (χ1) is 9.26. The van der Waals surface area contributed by atoms with Crippen molar-refractivity contribution in [2.24, 2.45) is 4.99 Å². The van der Waals surface area contributed by atoms with E-state index in [4.69, 9.17) is 16.6 Å². The molecule has 1 rings (SSSR count). The summed E-state index contributed by atoms with van der Waals surface area (Å²) < 4.78 is 6.24. The van der Waals surface area contributed by atoms with E-state index in [-0.39, 0.29) is 11.1 Å². The lowest BCUT2D eigenvalue weighted by Crippen LogP contribution is -2.42. The van der Waals surface area contributed by atoms with Crippen LogP contribution in [0.1, 0.15) is 26.3 Å². The van der Waals surface area contributed by atoms with Crippen molar-refractivity contribution in [3.8, 4) is 0 Å². The number of thiocarbonyl (C=S) groups is 1. The van der Waals surface area contributed by atoms with Crippen molar-refractivity contribution in [2.75, 3.05) is 6.61 Å². The Hall–Kier alpha value is -0.803. The van der Waals surface area contributed by atoms with Gasteiger partial charge in [0.15, 0.2) is 8.32 Å². The molecule has 20 heavy (non-hydrogen) atoms. The van der Waals surface area contributed by atoms with Crippen molar-refractivity contribution >= 4 is 25.7 Å². The molecular weight excluding hydrogens is 282 g/mol. The molecule has 0 N–H and O–H groups in total. The number of nitrogens with zero attached hydrogens (tertiary/aromatic N) is 1. The maximum absolute atomic E-state index is 6.24. The normalized spacial score (nSPS) is 13.7. The Morgan fingerprint density at radius 3 is 2.35 bits per heavy atom. The van der Waals surface area contributed by atoms with Gasteiger partial charge in [0.05, 0.1) is 17.8 Å². The summed E-state index contributed by atoms with van der Waals surface area (Å²) in [7, 11) is -1.74. The van der Waals surface area contributed by atoms with Crippen LogP contribution in [0.2, 0.25) is 18.1 Å². The van der Waals surface area contributed by atoms with Crippen molar-refractivity contribution < 1.29 is 4.43 Å². The summed E-state index contributed by atoms with van der Waals surface area (Å²) in [5, 5.41) is 2.72. The number of rotatable bonds is 6. The highest BCUT2D eigenvalue weighted by molar-refractivity contribution is 7.78. The van der Waals surface area contributed by atoms with Crippen LogP contribution in [0.3, 0.4) is 0 Å². The summed E-state index contributed by atoms with van der Waals surface area (Å²) in [6.45, 7) is 11.9. The highest BCUT2D eigenvalue weighted by Gasteiger charge is 2.37. The second kappa shape index (κ2) is 7.28. The molecule has 4 heteroatoms. The molecular formula is C16H25NOSSi. The SMILES string of the molecule is CC(C)(C)[Si](C)(C)OC[C@H](Cc1ccccc1)N=C=S. The van der Waals surface area contributed by atoms with Crippen LogP contribution >= 0.6 is 12.2 Å². The number of hydrogen-bond donors (Lipinski definition) is 0. The van der Waals surface area contributed by atoms with Crippen molar-refractivity contribution in [2.45, 2.75) is 51.4 Å². The Balaban J connectivity index is 2.67. The maximum Gasteiger partial charge on any atom is 0.192 e. The number of benzene rings is 1. The lowest BCUT2D eigenvalue weighted by molar-refractivity contribution is 0.263. The molecule has 0 aliphatic carbocycles. The van der Waals surface area contributed by atoms with E-state index in [2.05, 4.69) is 56.2 Å². The first-order valence-corrected chi connectivity index (χ1v) is 10.3. The van der Waals surface area contributed by atoms with E-state index in [9.17, 15) is 0 Å². The summed E-state index contributed by atoms with van der Waals surface area (Å²) in [5.41, 5.74) is 1.25. The van der Waals surface area contributed by atoms with Crippen LogP contribution in [-0.2, 0) is 10.8 Å². The Labute approximate surface area is 129 Å². The third-order valence-corrected chi connectivity index (χ3v) is 8.60. The Bertz CT molecular complexity index is 461. The van der Waals surface area contributed by atoms with Gasteiger partial charge in [-0.2, -0.15) is 0 Å². The minimum atomic E-state index is -1.74. The van der Waals surface area contributed by atoms with Gasteiger partial charge in [-0.15, -0.1) is 0 Å². The fourth-order valence-electron chi connectivity index (χ4n) is 1.62. The lowest BCUT2D eigenvalue weighted by atomic mass is 10.1. The van der Waals surface area contributed by atoms with Crippen molar-refractivity contribution in [3.63, 3.8) is 0 Å². The minimum Gasteiger partial charge on any atom is -0.415 e. The molecule has 0 aromatic heterocycles. The summed E-state index contributed by atoms with van der Waals surface area (Å²) >= 11 is 4.76. The van der Waals surface area contributed by atoms with E-state index in [1.165, 1.54) is 5.56 Å². The molecule has 0 amide bonds. The minimum absolute atomic E-state index is 0.0593. The predicted octanol–water partition coefficient (Wildman–Crippen LogP) is 4.72. The molecule has 2 nitrogen and oxygen atoms in total. The summed E-state index contributed by atoms with van der Waals surface area (Å²) in [6.07, 6.45) is 0.846. The number of aliphatic imine (C=N–C) groups is 1. The largest absolute Gasteiger partial charge is 0.415 e. The van der Waals surface area contributed by atoms with Crippen molar-refractivity contribution in [3.05, 3.63) is 35.9 Å². The van der Waals surface area contributed by atoms with Crippen LogP contribution in [0, 0.1) is 0 Å². The zero-order valence-electron chi connectivity index (χ0n) is 13.1. The monoisotopic (exact) mass is 307 g/mol. The van der Waals surface area contributed by atoms with Gasteiger partial charge in [0.25, 0.3) is 0 Å². The van der Waals surface area contributed by atoms with Gasteiger partial charge in [-0.1, -0.05) is 51.1 Å². The van der Waals surface area contributed by atoms with Gasteiger partial charge in [-0.05, 0) is 42.3 Å². The predicted molar refractivity (Wildman–Crippen MR) is 92.1 cm³/mol. The molecule has 0 bridgehead atoms. The first kappa shape index (κ1) is 17.2. The molecule has 0 saturated carbocycles. The highest BCUT2D eigenvalue weighted by atomic mass is 32.1. The van der Waals surface area contributed by atoms with E-state index < -0.39 is 8.32 Å². The topological polar surface area (TPSA) is 21.6 Å². The molecule has 1 aromatic carbocycles. The van der Waals surface area contributed by atoms with E-state index in [0.717, 1.165) is 6.42 Å². The molecule has 1 atom stereocenters. The Morgan fingerprint density at radius 2 is 1.85 bits per heavy atom. The van der Waals surface area contributed by atoms with Gasteiger partial charge in [-0.25, -0.2) is 4.99 Å². The number of isothiocyanates is 1. The molecule has 0 spiro atoms. The highest BCUT2D eigenvalue weighted by Crippen LogP contribution is 2.36. The van der Waals surface area contributed by atoms with Crippen LogP contribution in [-0.4, -0.2) is 26.1 Å². The molecule has 0 saturated heterocycles. The average molecular weight is 308 g/mol. The Kier molecular flexibility index (Phi) is 6.27. The molecule has 110 valence electrons. The lowest BCUT2D eigenvalue weighted by Gasteiger charge is -2.36. The van der Waals surface area contributed by atoms with E-state index in [1.54, 1.807) is 0 Å². The van der Waals surface area contributed by atoms with Crippen LogP contribution in [0.4, 0.5) is 0 Å². The summed E-state index contributed by atoms with van der Waals surface area (Å²) in [6, 6.07) is 10.4. The standard InChI is InChI=1S/C16H25NOSSi/c1-16(2,3)20(4,5)18-12-15(17-13-19)11-14-9-7-6-8-10-14/h6-10,15H,11-12H2,1-5H3/t15-/m0/s1. The van der Waals surface area contributed by atoms with Gasteiger partial charge in [0.1, 0.15) is 0 Å². The second-order valence-corrected chi connectivity index (χ2v) is 11.6. The number of hydrogen-bond acceptors (Lipinski definition) is 3. The summed E-state index contributed by atoms with van der Waals surface area (Å²) in [5.74, 6) is 0. The maximum atomic E-state index is 6.24. The van der Waals surface area contributed by atoms with Crippen LogP contribution in [0.15, 0.2) is 35.3 Å². The molecule has 0 fully saturated rings. The van der Waals surface area contributed by atoms with E-state index in [1.807, 2.05) is 18.2 Å². The van der Waals surface area contributed by atoms with Gasteiger partial charge in [0, 0.05) is 0 Å². The average Bonchev–Trinajstić information content (AvgIpc) is 2.36. The smallest absolute Gasteiger partial charge is 0.192 e. The third kappa shape index (κ3) is 5.29. The zero-order valence-corrected chi connectivity index (χ0v) is 15.0. The van der Waals surface area contributed by atoms with Crippen LogP contribution in [0.25, 0.3) is 0 Å². The third-order valence-electron chi connectivity index (χ3n) is 3.99. The van der Waals surface area contributed by atoms with Crippen LogP contribution < -0.4 is 0 Å². The molecule has 0 unspecified atom stereocenters. The second-order valence-electron chi connectivity index (χ2n) is 6.64. The molecule has 1 aromatic rings. The van der Waals surface area contributed by atoms with Gasteiger partial charge in [-0.3, -0.25) is 0 Å².